The molecule has 0 bridgehead atoms. The molecule has 0 spiro atoms. The van der Waals surface area contributed by atoms with Gasteiger partial charge in [0.1, 0.15) is 5.60 Å². The Kier molecular flexibility index (Phi) is 3.22. The molecular weight excluding hydrogens is 268 g/mol. The molecule has 0 aromatic carbocycles. The van der Waals surface area contributed by atoms with Gasteiger partial charge in [0.15, 0.2) is 0 Å². The Balaban J connectivity index is 1.47. The molecule has 1 N–H and O–H groups in total. The van der Waals surface area contributed by atoms with E-state index in [-0.39, 0.29) is 23.5 Å². The van der Waals surface area contributed by atoms with Crippen LogP contribution in [0.1, 0.15) is 47.0 Å². The van der Waals surface area contributed by atoms with E-state index in [0.717, 1.165) is 12.8 Å². The predicted molar refractivity (Wildman–Crippen MR) is 78.7 cm³/mol. The van der Waals surface area contributed by atoms with Gasteiger partial charge in [-0.15, -0.1) is 0 Å². The molecule has 2 amide bonds. The van der Waals surface area contributed by atoms with Crippen molar-refractivity contribution in [3.8, 4) is 0 Å². The Bertz CT molecular complexity index is 453. The number of ether oxygens (including phenoxy) is 1. The zero-order chi connectivity index (χ0) is 15.4. The van der Waals surface area contributed by atoms with Gasteiger partial charge in [-0.2, -0.15) is 0 Å². The summed E-state index contributed by atoms with van der Waals surface area (Å²) in [5, 5.41) is 3.19. The van der Waals surface area contributed by atoms with Crippen LogP contribution in [0.4, 0.5) is 4.79 Å². The van der Waals surface area contributed by atoms with Crippen molar-refractivity contribution in [1.29, 1.82) is 0 Å². The topological polar surface area (TPSA) is 58.6 Å². The monoisotopic (exact) mass is 294 g/mol. The van der Waals surface area contributed by atoms with Gasteiger partial charge in [-0.25, -0.2) is 4.79 Å². The zero-order valence-corrected chi connectivity index (χ0v) is 13.4. The summed E-state index contributed by atoms with van der Waals surface area (Å²) in [5.41, 5.74) is -0.432. The first-order chi connectivity index (χ1) is 9.69. The number of likely N-dealkylation sites (tertiary alicyclic amines) is 1. The van der Waals surface area contributed by atoms with E-state index < -0.39 is 5.60 Å². The molecule has 5 heteroatoms. The summed E-state index contributed by atoms with van der Waals surface area (Å²) in [5.74, 6) is 0.972. The quantitative estimate of drug-likeness (QED) is 0.849. The van der Waals surface area contributed by atoms with E-state index in [9.17, 15) is 9.59 Å². The summed E-state index contributed by atoms with van der Waals surface area (Å²) in [4.78, 5) is 26.0. The van der Waals surface area contributed by atoms with Crippen LogP contribution >= 0.6 is 0 Å². The maximum atomic E-state index is 12.3. The normalized spacial score (nSPS) is 33.0. The van der Waals surface area contributed by atoms with Crippen molar-refractivity contribution in [3.05, 3.63) is 0 Å². The molecule has 3 atom stereocenters. The van der Waals surface area contributed by atoms with E-state index in [1.807, 2.05) is 20.8 Å². The molecule has 1 heterocycles. The number of carbonyl (C=O) groups excluding carboxylic acids is 2. The molecule has 3 fully saturated rings. The van der Waals surface area contributed by atoms with Crippen molar-refractivity contribution in [2.24, 2.45) is 17.8 Å². The van der Waals surface area contributed by atoms with Crippen LogP contribution in [0.15, 0.2) is 0 Å². The largest absolute Gasteiger partial charge is 0.444 e. The third kappa shape index (κ3) is 2.87. The minimum absolute atomic E-state index is 0.0266. The average Bonchev–Trinajstić information content (AvgIpc) is 2.80. The Labute approximate surface area is 126 Å². The standard InChI is InChI=1S/C16H26N2O3/c1-15(2,3)21-14(20)18-8-10-11(9-18)12(10)13(19)17-16(4)6-5-7-16/h10-12H,5-9H2,1-4H3,(H,17,19)/t10-,11+,12+. The highest BCUT2D eigenvalue weighted by molar-refractivity contribution is 5.84. The van der Waals surface area contributed by atoms with E-state index in [1.165, 1.54) is 6.42 Å². The average molecular weight is 294 g/mol. The van der Waals surface area contributed by atoms with Crippen LogP contribution in [0.25, 0.3) is 0 Å². The summed E-state index contributed by atoms with van der Waals surface area (Å²) in [6, 6.07) is 0. The highest BCUT2D eigenvalue weighted by Crippen LogP contribution is 2.52. The summed E-state index contributed by atoms with van der Waals surface area (Å²) >= 11 is 0. The SMILES string of the molecule is CC1(NC(=O)[C@H]2[C@@H]3CN(C(=O)OC(C)(C)C)C[C@@H]32)CCC1. The minimum Gasteiger partial charge on any atom is -0.444 e. The van der Waals surface area contributed by atoms with Gasteiger partial charge in [0.25, 0.3) is 0 Å². The second-order valence-corrected chi connectivity index (χ2v) is 8.14. The number of nitrogens with zero attached hydrogens (tertiary/aromatic N) is 1. The van der Waals surface area contributed by atoms with Crippen LogP contribution in [0.3, 0.4) is 0 Å². The number of hydrogen-bond acceptors (Lipinski definition) is 3. The van der Waals surface area contributed by atoms with Crippen molar-refractivity contribution in [1.82, 2.24) is 10.2 Å². The van der Waals surface area contributed by atoms with Gasteiger partial charge < -0.3 is 15.0 Å². The lowest BCUT2D eigenvalue weighted by Gasteiger charge is -2.39. The highest BCUT2D eigenvalue weighted by atomic mass is 16.6. The van der Waals surface area contributed by atoms with Crippen LogP contribution in [-0.2, 0) is 9.53 Å². The molecule has 0 aromatic heterocycles. The number of fused-ring (bicyclic) bond motifs is 1. The molecule has 0 unspecified atom stereocenters. The first kappa shape index (κ1) is 14.7. The summed E-state index contributed by atoms with van der Waals surface area (Å²) in [6.45, 7) is 9.06. The second kappa shape index (κ2) is 4.62. The van der Waals surface area contributed by atoms with Crippen molar-refractivity contribution in [2.45, 2.75) is 58.1 Å². The molecule has 3 rings (SSSR count). The smallest absolute Gasteiger partial charge is 0.410 e. The van der Waals surface area contributed by atoms with Gasteiger partial charge >= 0.3 is 6.09 Å². The maximum Gasteiger partial charge on any atom is 0.410 e. The van der Waals surface area contributed by atoms with E-state index in [4.69, 9.17) is 4.74 Å². The Morgan fingerprint density at radius 2 is 1.76 bits per heavy atom. The van der Waals surface area contributed by atoms with E-state index in [0.29, 0.717) is 24.9 Å². The van der Waals surface area contributed by atoms with Crippen molar-refractivity contribution in [2.75, 3.05) is 13.1 Å². The zero-order valence-electron chi connectivity index (χ0n) is 13.4. The first-order valence-corrected chi connectivity index (χ1v) is 7.98. The minimum atomic E-state index is -0.459. The molecule has 118 valence electrons. The lowest BCUT2D eigenvalue weighted by molar-refractivity contribution is -0.126. The molecule has 0 aromatic rings. The van der Waals surface area contributed by atoms with Crippen LogP contribution in [0.2, 0.25) is 0 Å². The molecular formula is C16H26N2O3. The van der Waals surface area contributed by atoms with Gasteiger partial charge in [0, 0.05) is 24.5 Å². The number of carbonyl (C=O) groups is 2. The lowest BCUT2D eigenvalue weighted by Crippen LogP contribution is -2.52. The number of piperidine rings is 1. The number of rotatable bonds is 2. The van der Waals surface area contributed by atoms with Crippen molar-refractivity contribution < 1.29 is 14.3 Å². The highest BCUT2D eigenvalue weighted by Gasteiger charge is 2.61. The van der Waals surface area contributed by atoms with Gasteiger partial charge in [-0.1, -0.05) is 0 Å². The van der Waals surface area contributed by atoms with Crippen LogP contribution < -0.4 is 5.32 Å². The summed E-state index contributed by atoms with van der Waals surface area (Å²) < 4.78 is 5.38. The second-order valence-electron chi connectivity index (χ2n) is 8.14. The summed E-state index contributed by atoms with van der Waals surface area (Å²) in [7, 11) is 0. The Morgan fingerprint density at radius 1 is 1.19 bits per heavy atom. The third-order valence-corrected chi connectivity index (χ3v) is 5.03. The Hall–Kier alpha value is -1.26. The van der Waals surface area contributed by atoms with Crippen molar-refractivity contribution in [3.63, 3.8) is 0 Å². The Morgan fingerprint density at radius 3 is 2.19 bits per heavy atom. The molecule has 3 aliphatic rings. The molecule has 1 saturated heterocycles. The fraction of sp³-hybridized carbons (Fsp3) is 0.875. The summed E-state index contributed by atoms with van der Waals surface area (Å²) in [6.07, 6.45) is 3.14. The molecule has 1 aliphatic heterocycles. The van der Waals surface area contributed by atoms with Gasteiger partial charge in [-0.05, 0) is 58.8 Å². The first-order valence-electron chi connectivity index (χ1n) is 7.98. The molecule has 2 saturated carbocycles. The number of nitrogens with one attached hydrogen (secondary N) is 1. The van der Waals surface area contributed by atoms with E-state index in [2.05, 4.69) is 12.2 Å². The van der Waals surface area contributed by atoms with Gasteiger partial charge in [0.2, 0.25) is 5.91 Å². The molecule has 21 heavy (non-hydrogen) atoms. The van der Waals surface area contributed by atoms with Gasteiger partial charge in [0.05, 0.1) is 0 Å². The fourth-order valence-corrected chi connectivity index (χ4v) is 3.60. The van der Waals surface area contributed by atoms with Gasteiger partial charge in [-0.3, -0.25) is 4.79 Å². The maximum absolute atomic E-state index is 12.3. The van der Waals surface area contributed by atoms with Crippen LogP contribution in [0, 0.1) is 17.8 Å². The van der Waals surface area contributed by atoms with E-state index in [1.54, 1.807) is 4.90 Å². The lowest BCUT2D eigenvalue weighted by atomic mass is 9.78. The molecule has 2 aliphatic carbocycles. The van der Waals surface area contributed by atoms with Crippen LogP contribution in [-0.4, -0.2) is 41.1 Å². The number of amides is 2. The van der Waals surface area contributed by atoms with E-state index >= 15 is 0 Å². The molecule has 5 nitrogen and oxygen atoms in total. The van der Waals surface area contributed by atoms with Crippen LogP contribution in [0.5, 0.6) is 0 Å². The molecule has 0 radical (unpaired) electrons. The number of hydrogen-bond donors (Lipinski definition) is 1. The van der Waals surface area contributed by atoms with Crippen molar-refractivity contribution >= 4 is 12.0 Å². The fourth-order valence-electron chi connectivity index (χ4n) is 3.60. The third-order valence-electron chi connectivity index (χ3n) is 5.03. The predicted octanol–water partition coefficient (Wildman–Crippen LogP) is 2.16.